The van der Waals surface area contributed by atoms with E-state index < -0.39 is 0 Å². The third-order valence-electron chi connectivity index (χ3n) is 3.63. The van der Waals surface area contributed by atoms with Crippen molar-refractivity contribution in [2.45, 2.75) is 16.5 Å². The Morgan fingerprint density at radius 1 is 1.19 bits per heavy atom. The van der Waals surface area contributed by atoms with E-state index >= 15 is 0 Å². The number of rotatable bonds is 6. The fourth-order valence-corrected chi connectivity index (χ4v) is 4.16. The first kappa shape index (κ1) is 18.4. The van der Waals surface area contributed by atoms with E-state index in [-0.39, 0.29) is 17.0 Å². The van der Waals surface area contributed by atoms with E-state index in [0.29, 0.717) is 0 Å². The van der Waals surface area contributed by atoms with Crippen LogP contribution in [0.15, 0.2) is 58.3 Å². The molecule has 134 valence electrons. The molecule has 0 aliphatic rings. The number of nitrogens with one attached hydrogen (secondary N) is 1. The number of halogens is 1. The lowest BCUT2D eigenvalue weighted by Gasteiger charge is -2.11. The Bertz CT molecular complexity index is 879. The van der Waals surface area contributed by atoms with Gasteiger partial charge in [0.1, 0.15) is 11.6 Å². The highest BCUT2D eigenvalue weighted by Gasteiger charge is 2.17. The number of benzene rings is 2. The number of carbonyl (C=O) groups is 1. The molecule has 0 bridgehead atoms. The largest absolute Gasteiger partial charge is 0.497 e. The van der Waals surface area contributed by atoms with Crippen LogP contribution in [-0.2, 0) is 4.79 Å². The van der Waals surface area contributed by atoms with E-state index in [1.165, 1.54) is 35.2 Å². The van der Waals surface area contributed by atoms with Crippen molar-refractivity contribution >= 4 is 34.7 Å². The molecule has 1 amide bonds. The quantitative estimate of drug-likeness (QED) is 0.599. The number of hydrogen-bond donors (Lipinski definition) is 1. The van der Waals surface area contributed by atoms with Gasteiger partial charge in [-0.3, -0.25) is 4.79 Å². The average Bonchev–Trinajstić information content (AvgIpc) is 3.11. The van der Waals surface area contributed by atoms with E-state index in [0.717, 1.165) is 27.0 Å². The fourth-order valence-electron chi connectivity index (χ4n) is 2.19. The highest BCUT2D eigenvalue weighted by molar-refractivity contribution is 8.02. The van der Waals surface area contributed by atoms with Crippen molar-refractivity contribution in [3.8, 4) is 17.0 Å². The van der Waals surface area contributed by atoms with Crippen LogP contribution in [0.4, 0.5) is 10.1 Å². The molecule has 2 aromatic carbocycles. The van der Waals surface area contributed by atoms with E-state index in [1.807, 2.05) is 12.3 Å². The van der Waals surface area contributed by atoms with Crippen LogP contribution in [0.3, 0.4) is 0 Å². The summed E-state index contributed by atoms with van der Waals surface area (Å²) in [5.74, 6) is 0.364. The van der Waals surface area contributed by atoms with Crippen molar-refractivity contribution in [3.05, 3.63) is 59.7 Å². The number of nitrogens with zero attached hydrogens (tertiary/aromatic N) is 1. The lowest BCUT2D eigenvalue weighted by atomic mass is 10.2. The van der Waals surface area contributed by atoms with Gasteiger partial charge >= 0.3 is 0 Å². The van der Waals surface area contributed by atoms with E-state index in [2.05, 4.69) is 10.3 Å². The molecule has 0 spiro atoms. The second-order valence-corrected chi connectivity index (χ2v) is 7.93. The van der Waals surface area contributed by atoms with Crippen molar-refractivity contribution < 1.29 is 13.9 Å². The van der Waals surface area contributed by atoms with Gasteiger partial charge in [0, 0.05) is 16.6 Å². The van der Waals surface area contributed by atoms with Gasteiger partial charge in [0.15, 0.2) is 4.34 Å². The van der Waals surface area contributed by atoms with Gasteiger partial charge in [-0.2, -0.15) is 0 Å². The molecule has 26 heavy (non-hydrogen) atoms. The maximum absolute atomic E-state index is 13.0. The van der Waals surface area contributed by atoms with Crippen LogP contribution < -0.4 is 10.1 Å². The van der Waals surface area contributed by atoms with Gasteiger partial charge in [-0.05, 0) is 55.5 Å². The number of amides is 1. The Labute approximate surface area is 159 Å². The highest BCUT2D eigenvalue weighted by Crippen LogP contribution is 2.31. The standard InChI is InChI=1S/C19H17FN2O2S2/c1-12(18(23)21-15-7-9-16(24-2)10-8-15)26-19-22-17(11-25-19)13-3-5-14(20)6-4-13/h3-12H,1-2H3,(H,21,23). The van der Waals surface area contributed by atoms with Crippen molar-refractivity contribution in [1.29, 1.82) is 0 Å². The molecule has 1 unspecified atom stereocenters. The fraction of sp³-hybridized carbons (Fsp3) is 0.158. The summed E-state index contributed by atoms with van der Waals surface area (Å²) in [6.07, 6.45) is 0. The zero-order chi connectivity index (χ0) is 18.5. The molecule has 7 heteroatoms. The van der Waals surface area contributed by atoms with Crippen molar-refractivity contribution in [1.82, 2.24) is 4.98 Å². The number of carbonyl (C=O) groups excluding carboxylic acids is 1. The smallest absolute Gasteiger partial charge is 0.237 e. The van der Waals surface area contributed by atoms with Crippen LogP contribution in [0.2, 0.25) is 0 Å². The number of anilines is 1. The van der Waals surface area contributed by atoms with Crippen LogP contribution >= 0.6 is 23.1 Å². The molecule has 0 aliphatic carbocycles. The summed E-state index contributed by atoms with van der Waals surface area (Å²) in [6, 6.07) is 13.4. The summed E-state index contributed by atoms with van der Waals surface area (Å²) >= 11 is 2.86. The minimum Gasteiger partial charge on any atom is -0.497 e. The third-order valence-corrected chi connectivity index (χ3v) is 5.70. The predicted octanol–water partition coefficient (Wildman–Crippen LogP) is 5.08. The number of ether oxygens (including phenoxy) is 1. The first-order chi connectivity index (χ1) is 12.5. The van der Waals surface area contributed by atoms with Crippen molar-refractivity contribution in [2.75, 3.05) is 12.4 Å². The van der Waals surface area contributed by atoms with Gasteiger partial charge in [-0.25, -0.2) is 9.37 Å². The van der Waals surface area contributed by atoms with Gasteiger partial charge in [0.2, 0.25) is 5.91 Å². The minimum absolute atomic E-state index is 0.0984. The minimum atomic E-state index is -0.302. The van der Waals surface area contributed by atoms with Gasteiger partial charge < -0.3 is 10.1 Å². The van der Waals surface area contributed by atoms with Gasteiger partial charge in [0.25, 0.3) is 0 Å². The summed E-state index contributed by atoms with van der Waals surface area (Å²) in [5, 5.41) is 4.48. The SMILES string of the molecule is COc1ccc(NC(=O)C(C)Sc2nc(-c3ccc(F)cc3)cs2)cc1. The molecule has 0 fully saturated rings. The van der Waals surface area contributed by atoms with Gasteiger partial charge in [-0.1, -0.05) is 11.8 Å². The molecule has 4 nitrogen and oxygen atoms in total. The van der Waals surface area contributed by atoms with Gasteiger partial charge in [0.05, 0.1) is 18.1 Å². The molecule has 3 aromatic rings. The Hall–Kier alpha value is -2.38. The summed E-state index contributed by atoms with van der Waals surface area (Å²) in [4.78, 5) is 16.9. The summed E-state index contributed by atoms with van der Waals surface area (Å²) < 4.78 is 18.9. The molecular weight excluding hydrogens is 371 g/mol. The first-order valence-corrected chi connectivity index (χ1v) is 9.64. The van der Waals surface area contributed by atoms with Crippen LogP contribution in [0, 0.1) is 5.82 Å². The van der Waals surface area contributed by atoms with E-state index in [1.54, 1.807) is 43.5 Å². The second-order valence-electron chi connectivity index (χ2n) is 5.48. The summed E-state index contributed by atoms with van der Waals surface area (Å²) in [5.41, 5.74) is 2.35. The van der Waals surface area contributed by atoms with Crippen LogP contribution in [0.5, 0.6) is 5.75 Å². The van der Waals surface area contributed by atoms with Crippen molar-refractivity contribution in [3.63, 3.8) is 0 Å². The third kappa shape index (κ3) is 4.62. The maximum Gasteiger partial charge on any atom is 0.237 e. The average molecular weight is 388 g/mol. The monoisotopic (exact) mass is 388 g/mol. The molecule has 0 saturated carbocycles. The molecule has 3 rings (SSSR count). The Morgan fingerprint density at radius 3 is 2.54 bits per heavy atom. The lowest BCUT2D eigenvalue weighted by molar-refractivity contribution is -0.115. The number of thioether (sulfide) groups is 1. The number of methoxy groups -OCH3 is 1. The molecule has 1 atom stereocenters. The van der Waals surface area contributed by atoms with Gasteiger partial charge in [-0.15, -0.1) is 11.3 Å². The summed E-state index contributed by atoms with van der Waals surface area (Å²) in [7, 11) is 1.60. The summed E-state index contributed by atoms with van der Waals surface area (Å²) in [6.45, 7) is 1.84. The molecule has 0 aliphatic heterocycles. The highest BCUT2D eigenvalue weighted by atomic mass is 32.2. The molecule has 0 saturated heterocycles. The predicted molar refractivity (Wildman–Crippen MR) is 104 cm³/mol. The molecule has 1 N–H and O–H groups in total. The van der Waals surface area contributed by atoms with E-state index in [4.69, 9.17) is 4.74 Å². The zero-order valence-electron chi connectivity index (χ0n) is 14.2. The molecular formula is C19H17FN2O2S2. The Balaban J connectivity index is 1.61. The molecule has 0 radical (unpaired) electrons. The van der Waals surface area contributed by atoms with Crippen LogP contribution in [0.1, 0.15) is 6.92 Å². The maximum atomic E-state index is 13.0. The molecule has 1 aromatic heterocycles. The zero-order valence-corrected chi connectivity index (χ0v) is 15.9. The van der Waals surface area contributed by atoms with Crippen molar-refractivity contribution in [2.24, 2.45) is 0 Å². The second kappa shape index (κ2) is 8.33. The number of hydrogen-bond acceptors (Lipinski definition) is 5. The lowest BCUT2D eigenvalue weighted by Crippen LogP contribution is -2.22. The topological polar surface area (TPSA) is 51.2 Å². The number of thiazole rings is 1. The molecule has 1 heterocycles. The van der Waals surface area contributed by atoms with Crippen LogP contribution in [0.25, 0.3) is 11.3 Å². The normalized spacial score (nSPS) is 11.8. The van der Waals surface area contributed by atoms with Crippen LogP contribution in [-0.4, -0.2) is 23.3 Å². The van der Waals surface area contributed by atoms with E-state index in [9.17, 15) is 9.18 Å². The Morgan fingerprint density at radius 2 is 1.88 bits per heavy atom. The Kier molecular flexibility index (Phi) is 5.90. The first-order valence-electron chi connectivity index (χ1n) is 7.88. The number of aromatic nitrogens is 1.